The molecule has 0 radical (unpaired) electrons. The Kier molecular flexibility index (Phi) is 6.48. The highest BCUT2D eigenvalue weighted by Gasteiger charge is 2.53. The Hall–Kier alpha value is -7.74. The first-order valence-electron chi connectivity index (χ1n) is 21.3. The zero-order valence-electron chi connectivity index (χ0n) is 33.2. The van der Waals surface area contributed by atoms with E-state index >= 15 is 0 Å². The first-order chi connectivity index (χ1) is 30.3. The minimum atomic E-state index is -0.533. The highest BCUT2D eigenvalue weighted by Crippen LogP contribution is 2.66. The van der Waals surface area contributed by atoms with Crippen LogP contribution in [-0.2, 0) is 10.8 Å². The van der Waals surface area contributed by atoms with E-state index in [1.165, 1.54) is 111 Å². The lowest BCUT2D eigenvalue weighted by Crippen LogP contribution is -2.32. The van der Waals surface area contributed by atoms with Gasteiger partial charge >= 0.3 is 0 Å². The second-order valence-corrected chi connectivity index (χ2v) is 17.0. The van der Waals surface area contributed by atoms with E-state index in [4.69, 9.17) is 4.74 Å². The van der Waals surface area contributed by atoms with Crippen molar-refractivity contribution in [3.63, 3.8) is 0 Å². The van der Waals surface area contributed by atoms with Gasteiger partial charge in [-0.15, -0.1) is 0 Å². The molecular weight excluding hydrogens is 737 g/mol. The van der Waals surface area contributed by atoms with Gasteiger partial charge in [-0.3, -0.25) is 0 Å². The van der Waals surface area contributed by atoms with E-state index in [1.54, 1.807) is 0 Å². The van der Waals surface area contributed by atoms with Gasteiger partial charge in [-0.05, 0) is 118 Å². The van der Waals surface area contributed by atoms with Crippen molar-refractivity contribution in [2.45, 2.75) is 10.8 Å². The van der Waals surface area contributed by atoms with Gasteiger partial charge in [0.15, 0.2) is 0 Å². The number of ether oxygens (including phenoxy) is 1. The van der Waals surface area contributed by atoms with Gasteiger partial charge in [-0.2, -0.15) is 0 Å². The molecule has 10 aromatic carbocycles. The molecule has 0 N–H and O–H groups in total. The van der Waals surface area contributed by atoms with Crippen LogP contribution in [-0.4, -0.2) is 0 Å². The topological polar surface area (TPSA) is 9.23 Å². The summed E-state index contributed by atoms with van der Waals surface area (Å²) in [7, 11) is 0. The van der Waals surface area contributed by atoms with Crippen LogP contribution in [0.3, 0.4) is 0 Å². The Labute approximate surface area is 354 Å². The molecule has 0 amide bonds. The summed E-state index contributed by atoms with van der Waals surface area (Å²) in [6.07, 6.45) is 0. The summed E-state index contributed by atoms with van der Waals surface area (Å²) in [5.74, 6) is 1.80. The molecule has 4 aliphatic rings. The smallest absolute Gasteiger partial charge is 0.132 e. The lowest BCUT2D eigenvalue weighted by atomic mass is 9.65. The predicted molar refractivity (Wildman–Crippen MR) is 248 cm³/mol. The number of hydrogen-bond acceptors (Lipinski definition) is 1. The quantitative estimate of drug-likeness (QED) is 0.170. The van der Waals surface area contributed by atoms with Crippen LogP contribution in [0.2, 0.25) is 0 Å². The van der Waals surface area contributed by atoms with E-state index in [-0.39, 0.29) is 0 Å². The molecule has 1 unspecified atom stereocenters. The monoisotopic (exact) mass is 772 g/mol. The second kappa shape index (κ2) is 11.9. The van der Waals surface area contributed by atoms with Crippen molar-refractivity contribution < 1.29 is 4.74 Å². The van der Waals surface area contributed by atoms with Crippen molar-refractivity contribution in [1.29, 1.82) is 0 Å². The van der Waals surface area contributed by atoms with E-state index in [1.807, 2.05) is 0 Å². The lowest BCUT2D eigenvalue weighted by molar-refractivity contribution is 0.436. The molecule has 61 heavy (non-hydrogen) atoms. The maximum Gasteiger partial charge on any atom is 0.132 e. The lowest BCUT2D eigenvalue weighted by Gasteiger charge is -2.39. The summed E-state index contributed by atoms with van der Waals surface area (Å²) in [6, 6.07) is 81.4. The number of fused-ring (bicyclic) bond motifs is 21. The molecule has 0 saturated heterocycles. The fourth-order valence-electron chi connectivity index (χ4n) is 12.2. The molecule has 0 saturated carbocycles. The molecule has 1 nitrogen and oxygen atoms in total. The van der Waals surface area contributed by atoms with Gasteiger partial charge in [0.25, 0.3) is 0 Å². The molecule has 3 aliphatic carbocycles. The first kappa shape index (κ1) is 33.1. The third kappa shape index (κ3) is 4.02. The zero-order valence-corrected chi connectivity index (χ0v) is 33.2. The fourth-order valence-corrected chi connectivity index (χ4v) is 12.2. The van der Waals surface area contributed by atoms with Gasteiger partial charge in [0.2, 0.25) is 0 Å². The van der Waals surface area contributed by atoms with Gasteiger partial charge in [-0.1, -0.05) is 200 Å². The van der Waals surface area contributed by atoms with E-state index < -0.39 is 10.8 Å². The third-order valence-electron chi connectivity index (χ3n) is 14.4. The summed E-state index contributed by atoms with van der Waals surface area (Å²) >= 11 is 0. The number of rotatable bonds is 2. The van der Waals surface area contributed by atoms with E-state index in [2.05, 4.69) is 218 Å². The number of hydrogen-bond donors (Lipinski definition) is 0. The number of para-hydroxylation sites is 1. The Morgan fingerprint density at radius 2 is 0.738 bits per heavy atom. The SMILES string of the molecule is c1ccc2c(c1)Oc1ccc(-c3ccccc3-c3cccc4c3-c3ccccc3C43c4ccccc4-c4c3ccc3ccccc43)cc1C21c2ccccc2-c2ccccc21. The molecule has 1 heteroatoms. The van der Waals surface area contributed by atoms with Gasteiger partial charge in [0.1, 0.15) is 11.5 Å². The largest absolute Gasteiger partial charge is 0.457 e. The molecule has 14 rings (SSSR count). The maximum atomic E-state index is 6.84. The van der Waals surface area contributed by atoms with Crippen LogP contribution in [0.25, 0.3) is 66.4 Å². The Morgan fingerprint density at radius 3 is 1.46 bits per heavy atom. The van der Waals surface area contributed by atoms with Crippen molar-refractivity contribution in [3.05, 3.63) is 263 Å². The summed E-state index contributed by atoms with van der Waals surface area (Å²) < 4.78 is 6.84. The average molecular weight is 773 g/mol. The van der Waals surface area contributed by atoms with Gasteiger partial charge in [0, 0.05) is 11.1 Å². The van der Waals surface area contributed by atoms with E-state index in [0.717, 1.165) is 11.5 Å². The van der Waals surface area contributed by atoms with Crippen LogP contribution in [0.1, 0.15) is 44.5 Å². The van der Waals surface area contributed by atoms with Crippen LogP contribution in [0.5, 0.6) is 11.5 Å². The highest BCUT2D eigenvalue weighted by atomic mass is 16.5. The summed E-state index contributed by atoms with van der Waals surface area (Å²) in [5.41, 5.74) is 22.0. The number of benzene rings is 10. The Bertz CT molecular complexity index is 3490. The molecule has 282 valence electrons. The maximum absolute atomic E-state index is 6.84. The molecule has 0 fully saturated rings. The van der Waals surface area contributed by atoms with Crippen molar-refractivity contribution in [1.82, 2.24) is 0 Å². The van der Waals surface area contributed by atoms with Crippen LogP contribution in [0.15, 0.2) is 218 Å². The van der Waals surface area contributed by atoms with Crippen LogP contribution >= 0.6 is 0 Å². The molecule has 10 aromatic rings. The molecule has 1 heterocycles. The van der Waals surface area contributed by atoms with Gasteiger partial charge < -0.3 is 4.74 Å². The first-order valence-corrected chi connectivity index (χ1v) is 21.3. The zero-order chi connectivity index (χ0) is 39.9. The molecular formula is C60H36O. The molecule has 1 aliphatic heterocycles. The van der Waals surface area contributed by atoms with Crippen molar-refractivity contribution >= 4 is 10.8 Å². The van der Waals surface area contributed by atoms with Crippen molar-refractivity contribution in [3.8, 4) is 67.1 Å². The van der Waals surface area contributed by atoms with Crippen LogP contribution < -0.4 is 4.74 Å². The standard InChI is InChI=1S/C60H36O/c1-2-18-40-37(16-1)32-34-53-57(40)45-22-7-11-27-49(45)60(53)50-28-12-8-23-46(50)58-44(24-15-30-52(58)60)41-19-4-3-17-39(41)38-33-35-56-54(36-38)59(51-29-13-14-31-55(51)61-56)47-25-9-5-20-42(47)43-21-6-10-26-48(43)59/h1-36H. The van der Waals surface area contributed by atoms with Crippen molar-refractivity contribution in [2.24, 2.45) is 0 Å². The Morgan fingerprint density at radius 1 is 0.262 bits per heavy atom. The summed E-state index contributed by atoms with van der Waals surface area (Å²) in [5, 5.41) is 2.58. The van der Waals surface area contributed by atoms with Gasteiger partial charge in [-0.25, -0.2) is 0 Å². The Balaban J connectivity index is 1.02. The molecule has 0 bridgehead atoms. The fraction of sp³-hybridized carbons (Fsp3) is 0.0333. The predicted octanol–water partition coefficient (Wildman–Crippen LogP) is 15.0. The van der Waals surface area contributed by atoms with Crippen molar-refractivity contribution in [2.75, 3.05) is 0 Å². The normalized spacial score (nSPS) is 16.2. The molecule has 1 atom stereocenters. The summed E-state index contributed by atoms with van der Waals surface area (Å²) in [6.45, 7) is 0. The molecule has 2 spiro atoms. The van der Waals surface area contributed by atoms with E-state index in [0.29, 0.717) is 0 Å². The minimum Gasteiger partial charge on any atom is -0.457 e. The van der Waals surface area contributed by atoms with E-state index in [9.17, 15) is 0 Å². The summed E-state index contributed by atoms with van der Waals surface area (Å²) in [4.78, 5) is 0. The van der Waals surface area contributed by atoms with Crippen LogP contribution in [0, 0.1) is 0 Å². The third-order valence-corrected chi connectivity index (χ3v) is 14.4. The molecule has 0 aromatic heterocycles. The second-order valence-electron chi connectivity index (χ2n) is 17.0. The van der Waals surface area contributed by atoms with Crippen LogP contribution in [0.4, 0.5) is 0 Å². The van der Waals surface area contributed by atoms with Gasteiger partial charge in [0.05, 0.1) is 10.8 Å². The average Bonchev–Trinajstić information content (AvgIpc) is 3.92. The minimum absolute atomic E-state index is 0.445. The highest BCUT2D eigenvalue weighted by molar-refractivity contribution is 6.08.